The summed E-state index contributed by atoms with van der Waals surface area (Å²) in [6.45, 7) is 9.60. The number of nitrogens with one attached hydrogen (secondary N) is 1. The van der Waals surface area contributed by atoms with E-state index in [1.165, 1.54) is 56.3 Å². The Morgan fingerprint density at radius 3 is 2.30 bits per heavy atom. The highest BCUT2D eigenvalue weighted by molar-refractivity contribution is 6.77. The molecule has 0 saturated carbocycles. The Bertz CT molecular complexity index is 335. The van der Waals surface area contributed by atoms with Gasteiger partial charge < -0.3 is 5.32 Å². The normalized spacial score (nSPS) is 11.8. The quantitative estimate of drug-likeness (QED) is 0.422. The van der Waals surface area contributed by atoms with Crippen molar-refractivity contribution in [2.24, 2.45) is 0 Å². The molecule has 0 fully saturated rings. The number of unbranched alkanes of at least 4 members (excludes halogenated alkanes) is 3. The number of benzene rings is 1. The molecule has 0 bridgehead atoms. The molecule has 0 aliphatic rings. The first-order chi connectivity index (χ1) is 9.64. The molecule has 1 N–H and O–H groups in total. The Kier molecular flexibility index (Phi) is 8.87. The summed E-state index contributed by atoms with van der Waals surface area (Å²) in [5, 5.41) is 3.57. The highest BCUT2D eigenvalue weighted by atomic mass is 28.3. The number of rotatable bonds is 11. The van der Waals surface area contributed by atoms with Gasteiger partial charge in [-0.25, -0.2) is 0 Å². The van der Waals surface area contributed by atoms with Crippen LogP contribution in [-0.4, -0.2) is 14.6 Å². The van der Waals surface area contributed by atoms with Crippen molar-refractivity contribution in [2.45, 2.75) is 70.8 Å². The summed E-state index contributed by atoms with van der Waals surface area (Å²) in [7, 11) is -0.923. The largest absolute Gasteiger partial charge is 0.313 e. The predicted octanol–water partition coefficient (Wildman–Crippen LogP) is 5.46. The van der Waals surface area contributed by atoms with Crippen LogP contribution in [0.4, 0.5) is 0 Å². The van der Waals surface area contributed by atoms with Gasteiger partial charge in [0.1, 0.15) is 0 Å². The first-order valence-corrected chi connectivity index (χ1v) is 11.8. The molecular weight excluding hydrogens is 258 g/mol. The minimum absolute atomic E-state index is 0.923. The smallest absolute Gasteiger partial charge is 0.0474 e. The van der Waals surface area contributed by atoms with Crippen LogP contribution >= 0.6 is 0 Å². The standard InChI is InChI=1S/C18H33NSi/c1-4-5-6-10-15-20(2,3)16-11-14-19-17-18-12-8-7-9-13-18/h7-9,12-13,19H,4-6,10-11,14-17H2,1-3H3. The van der Waals surface area contributed by atoms with Crippen LogP contribution in [0, 0.1) is 0 Å². The summed E-state index contributed by atoms with van der Waals surface area (Å²) in [6, 6.07) is 13.7. The van der Waals surface area contributed by atoms with Gasteiger partial charge in [0.15, 0.2) is 0 Å². The van der Waals surface area contributed by atoms with Crippen molar-refractivity contribution in [3.63, 3.8) is 0 Å². The first-order valence-electron chi connectivity index (χ1n) is 8.39. The number of hydrogen-bond acceptors (Lipinski definition) is 1. The molecule has 114 valence electrons. The van der Waals surface area contributed by atoms with E-state index in [4.69, 9.17) is 0 Å². The molecule has 1 nitrogen and oxygen atoms in total. The molecule has 2 heteroatoms. The van der Waals surface area contributed by atoms with E-state index in [9.17, 15) is 0 Å². The Morgan fingerprint density at radius 2 is 1.60 bits per heavy atom. The molecule has 0 radical (unpaired) electrons. The van der Waals surface area contributed by atoms with Crippen molar-refractivity contribution in [1.29, 1.82) is 0 Å². The lowest BCUT2D eigenvalue weighted by Gasteiger charge is -2.22. The molecule has 1 aromatic carbocycles. The molecule has 0 atom stereocenters. The maximum atomic E-state index is 3.57. The Morgan fingerprint density at radius 1 is 0.900 bits per heavy atom. The minimum atomic E-state index is -0.923. The third-order valence-electron chi connectivity index (χ3n) is 4.09. The van der Waals surface area contributed by atoms with Crippen LogP contribution in [0.25, 0.3) is 0 Å². The van der Waals surface area contributed by atoms with Gasteiger partial charge in [0.05, 0.1) is 0 Å². The van der Waals surface area contributed by atoms with Crippen LogP contribution in [0.1, 0.15) is 44.6 Å². The van der Waals surface area contributed by atoms with E-state index in [-0.39, 0.29) is 0 Å². The van der Waals surface area contributed by atoms with Gasteiger partial charge in [-0.15, -0.1) is 0 Å². The molecule has 0 unspecified atom stereocenters. The Hall–Kier alpha value is -0.603. The third-order valence-corrected chi connectivity index (χ3v) is 7.50. The van der Waals surface area contributed by atoms with Gasteiger partial charge >= 0.3 is 0 Å². The van der Waals surface area contributed by atoms with E-state index in [1.54, 1.807) is 0 Å². The summed E-state index contributed by atoms with van der Waals surface area (Å²) in [6.07, 6.45) is 7.03. The fourth-order valence-electron chi connectivity index (χ4n) is 2.68. The maximum absolute atomic E-state index is 3.57. The topological polar surface area (TPSA) is 12.0 Å². The molecule has 0 spiro atoms. The van der Waals surface area contributed by atoms with Gasteiger partial charge in [0.25, 0.3) is 0 Å². The zero-order valence-corrected chi connectivity index (χ0v) is 14.8. The van der Waals surface area contributed by atoms with E-state index in [0.29, 0.717) is 0 Å². The molecule has 1 rings (SSSR count). The van der Waals surface area contributed by atoms with Gasteiger partial charge in [-0.2, -0.15) is 0 Å². The summed E-state index contributed by atoms with van der Waals surface area (Å²) >= 11 is 0. The predicted molar refractivity (Wildman–Crippen MR) is 94.0 cm³/mol. The minimum Gasteiger partial charge on any atom is -0.313 e. The van der Waals surface area contributed by atoms with E-state index in [2.05, 4.69) is 55.7 Å². The molecular formula is C18H33NSi. The lowest BCUT2D eigenvalue weighted by atomic mass is 10.2. The van der Waals surface area contributed by atoms with Gasteiger partial charge in [0.2, 0.25) is 0 Å². The molecule has 0 aliphatic carbocycles. The second-order valence-corrected chi connectivity index (χ2v) is 12.1. The molecule has 20 heavy (non-hydrogen) atoms. The molecule has 0 aliphatic heterocycles. The monoisotopic (exact) mass is 291 g/mol. The average molecular weight is 292 g/mol. The van der Waals surface area contributed by atoms with Crippen LogP contribution in [0.15, 0.2) is 30.3 Å². The van der Waals surface area contributed by atoms with Crippen molar-refractivity contribution in [3.05, 3.63) is 35.9 Å². The Labute approximate surface area is 127 Å². The van der Waals surface area contributed by atoms with Gasteiger partial charge in [-0.3, -0.25) is 0 Å². The average Bonchev–Trinajstić information content (AvgIpc) is 2.44. The van der Waals surface area contributed by atoms with Crippen molar-refractivity contribution >= 4 is 8.07 Å². The fraction of sp³-hybridized carbons (Fsp3) is 0.667. The molecule has 0 amide bonds. The fourth-order valence-corrected chi connectivity index (χ4v) is 5.27. The van der Waals surface area contributed by atoms with E-state index < -0.39 is 8.07 Å². The highest BCUT2D eigenvalue weighted by Crippen LogP contribution is 2.21. The van der Waals surface area contributed by atoms with Gasteiger partial charge in [0, 0.05) is 14.6 Å². The van der Waals surface area contributed by atoms with Crippen LogP contribution < -0.4 is 5.32 Å². The maximum Gasteiger partial charge on any atom is 0.0474 e. The van der Waals surface area contributed by atoms with Crippen molar-refractivity contribution in [3.8, 4) is 0 Å². The Balaban J connectivity index is 2.04. The lowest BCUT2D eigenvalue weighted by molar-refractivity contribution is 0.666. The lowest BCUT2D eigenvalue weighted by Crippen LogP contribution is -2.26. The van der Waals surface area contributed by atoms with Crippen molar-refractivity contribution in [2.75, 3.05) is 6.54 Å². The second kappa shape index (κ2) is 10.2. The van der Waals surface area contributed by atoms with Crippen LogP contribution in [0.5, 0.6) is 0 Å². The molecule has 0 heterocycles. The molecule has 0 aromatic heterocycles. The third kappa shape index (κ3) is 8.54. The van der Waals surface area contributed by atoms with Crippen molar-refractivity contribution < 1.29 is 0 Å². The van der Waals surface area contributed by atoms with Gasteiger partial charge in [-0.05, 0) is 18.5 Å². The summed E-state index contributed by atoms with van der Waals surface area (Å²) < 4.78 is 0. The van der Waals surface area contributed by atoms with Crippen LogP contribution in [0.2, 0.25) is 25.2 Å². The second-order valence-electron chi connectivity index (χ2n) is 6.74. The first kappa shape index (κ1) is 17.4. The SMILES string of the molecule is CCCCCC[Si](C)(C)CCCNCc1ccccc1. The highest BCUT2D eigenvalue weighted by Gasteiger charge is 2.18. The summed E-state index contributed by atoms with van der Waals surface area (Å²) in [5.74, 6) is 0. The summed E-state index contributed by atoms with van der Waals surface area (Å²) in [4.78, 5) is 0. The molecule has 0 saturated heterocycles. The van der Waals surface area contributed by atoms with Crippen LogP contribution in [0.3, 0.4) is 0 Å². The van der Waals surface area contributed by atoms with Crippen LogP contribution in [-0.2, 0) is 6.54 Å². The van der Waals surface area contributed by atoms with E-state index >= 15 is 0 Å². The molecule has 1 aromatic rings. The van der Waals surface area contributed by atoms with E-state index in [0.717, 1.165) is 6.54 Å². The zero-order chi connectivity index (χ0) is 14.7. The van der Waals surface area contributed by atoms with E-state index in [1.807, 2.05) is 0 Å². The van der Waals surface area contributed by atoms with Crippen molar-refractivity contribution in [1.82, 2.24) is 5.32 Å². The zero-order valence-electron chi connectivity index (χ0n) is 13.8. The van der Waals surface area contributed by atoms with Gasteiger partial charge in [-0.1, -0.05) is 88.1 Å². The number of hydrogen-bond donors (Lipinski definition) is 1. The summed E-state index contributed by atoms with van der Waals surface area (Å²) in [5.41, 5.74) is 1.39.